The van der Waals surface area contributed by atoms with E-state index in [1.807, 2.05) is 29.2 Å². The van der Waals surface area contributed by atoms with E-state index in [1.165, 1.54) is 16.8 Å². The van der Waals surface area contributed by atoms with E-state index in [0.29, 0.717) is 5.56 Å². The van der Waals surface area contributed by atoms with Crippen molar-refractivity contribution in [2.24, 2.45) is 0 Å². The zero-order valence-corrected chi connectivity index (χ0v) is 13.4. The van der Waals surface area contributed by atoms with Gasteiger partial charge in [-0.05, 0) is 59.0 Å². The van der Waals surface area contributed by atoms with Crippen LogP contribution in [0.3, 0.4) is 0 Å². The quantitative estimate of drug-likeness (QED) is 0.726. The van der Waals surface area contributed by atoms with Gasteiger partial charge in [0.15, 0.2) is 0 Å². The molecule has 0 bridgehead atoms. The van der Waals surface area contributed by atoms with Crippen LogP contribution >= 0.6 is 11.3 Å². The lowest BCUT2D eigenvalue weighted by Crippen LogP contribution is -2.38. The van der Waals surface area contributed by atoms with Crippen molar-refractivity contribution >= 4 is 17.2 Å². The number of hydrogen-bond donors (Lipinski definition) is 0. The molecule has 3 heterocycles. The molecule has 0 aliphatic carbocycles. The molecule has 1 aliphatic heterocycles. The van der Waals surface area contributed by atoms with Gasteiger partial charge in [0.2, 0.25) is 0 Å². The minimum atomic E-state index is 0.0456. The summed E-state index contributed by atoms with van der Waals surface area (Å²) in [5, 5.41) is 13.2. The van der Waals surface area contributed by atoms with Gasteiger partial charge in [-0.2, -0.15) is 0 Å². The third-order valence-corrected chi connectivity index (χ3v) is 5.24. The number of carbonyl (C=O) groups excluding carboxylic acids is 1. The van der Waals surface area contributed by atoms with E-state index < -0.39 is 0 Å². The molecule has 3 aromatic rings. The van der Waals surface area contributed by atoms with Crippen molar-refractivity contribution in [3.8, 4) is 5.69 Å². The standard InChI is InChI=1S/C16H15N5OS/c1-11-14-6-8-23-15(14)5-7-20(11)16(22)12-3-2-4-13(9-12)21-10-17-18-19-21/h2-4,6,8-11H,5,7H2,1H3/t11-/m0/s1. The predicted octanol–water partition coefficient (Wildman–Crippen LogP) is 2.48. The van der Waals surface area contributed by atoms with Gasteiger partial charge in [-0.3, -0.25) is 4.79 Å². The van der Waals surface area contributed by atoms with Crippen LogP contribution in [0, 0.1) is 0 Å². The van der Waals surface area contributed by atoms with Crippen molar-refractivity contribution in [3.05, 3.63) is 58.0 Å². The SMILES string of the molecule is C[C@H]1c2ccsc2CCN1C(=O)c1cccc(-n2cnnn2)c1. The molecule has 0 radical (unpaired) electrons. The summed E-state index contributed by atoms with van der Waals surface area (Å²) >= 11 is 1.78. The minimum Gasteiger partial charge on any atom is -0.331 e. The molecule has 1 amide bonds. The molecule has 4 rings (SSSR count). The zero-order valence-electron chi connectivity index (χ0n) is 12.6. The Hall–Kier alpha value is -2.54. The second kappa shape index (κ2) is 5.58. The number of nitrogens with zero attached hydrogens (tertiary/aromatic N) is 5. The molecule has 1 atom stereocenters. The highest BCUT2D eigenvalue weighted by Crippen LogP contribution is 2.33. The summed E-state index contributed by atoms with van der Waals surface area (Å²) in [4.78, 5) is 16.3. The van der Waals surface area contributed by atoms with E-state index in [2.05, 4.69) is 33.9 Å². The molecule has 6 nitrogen and oxygen atoms in total. The highest BCUT2D eigenvalue weighted by Gasteiger charge is 2.29. The Bertz CT molecular complexity index is 842. The molecule has 116 valence electrons. The van der Waals surface area contributed by atoms with Gasteiger partial charge in [-0.15, -0.1) is 16.4 Å². The second-order valence-corrected chi connectivity index (χ2v) is 6.53. The van der Waals surface area contributed by atoms with Crippen LogP contribution in [0.5, 0.6) is 0 Å². The molecule has 1 aliphatic rings. The first kappa shape index (κ1) is 14.1. The van der Waals surface area contributed by atoms with Crippen LogP contribution in [-0.2, 0) is 6.42 Å². The van der Waals surface area contributed by atoms with Crippen molar-refractivity contribution in [2.75, 3.05) is 6.54 Å². The number of hydrogen-bond acceptors (Lipinski definition) is 5. The number of aromatic nitrogens is 4. The van der Waals surface area contributed by atoms with Gasteiger partial charge in [-0.25, -0.2) is 4.68 Å². The first-order valence-electron chi connectivity index (χ1n) is 7.44. The van der Waals surface area contributed by atoms with Gasteiger partial charge < -0.3 is 4.90 Å². The number of fused-ring (bicyclic) bond motifs is 1. The fourth-order valence-corrected chi connectivity index (χ4v) is 3.98. The molecule has 0 N–H and O–H groups in total. The number of thiophene rings is 1. The Morgan fingerprint density at radius 2 is 2.26 bits per heavy atom. The van der Waals surface area contributed by atoms with Crippen LogP contribution in [-0.4, -0.2) is 37.6 Å². The van der Waals surface area contributed by atoms with Gasteiger partial charge in [0, 0.05) is 17.0 Å². The minimum absolute atomic E-state index is 0.0456. The van der Waals surface area contributed by atoms with Crippen molar-refractivity contribution in [3.63, 3.8) is 0 Å². The second-order valence-electron chi connectivity index (χ2n) is 5.53. The fourth-order valence-electron chi connectivity index (χ4n) is 3.01. The lowest BCUT2D eigenvalue weighted by molar-refractivity contribution is 0.0679. The van der Waals surface area contributed by atoms with Crippen molar-refractivity contribution in [2.45, 2.75) is 19.4 Å². The van der Waals surface area contributed by atoms with Crippen molar-refractivity contribution in [1.82, 2.24) is 25.1 Å². The van der Waals surface area contributed by atoms with Crippen LogP contribution in [0.4, 0.5) is 0 Å². The van der Waals surface area contributed by atoms with E-state index in [1.54, 1.807) is 16.0 Å². The summed E-state index contributed by atoms with van der Waals surface area (Å²) in [6, 6.07) is 9.63. The zero-order chi connectivity index (χ0) is 15.8. The highest BCUT2D eigenvalue weighted by molar-refractivity contribution is 7.10. The van der Waals surface area contributed by atoms with Gasteiger partial charge in [0.25, 0.3) is 5.91 Å². The molecule has 23 heavy (non-hydrogen) atoms. The summed E-state index contributed by atoms with van der Waals surface area (Å²) in [5.74, 6) is 0.0456. The largest absolute Gasteiger partial charge is 0.331 e. The van der Waals surface area contributed by atoms with E-state index in [4.69, 9.17) is 0 Å². The number of benzene rings is 1. The lowest BCUT2D eigenvalue weighted by atomic mass is 10.0. The molecule has 1 aromatic carbocycles. The molecule has 7 heteroatoms. The summed E-state index contributed by atoms with van der Waals surface area (Å²) in [6.07, 6.45) is 2.44. The number of amides is 1. The van der Waals surface area contributed by atoms with E-state index in [-0.39, 0.29) is 11.9 Å². The Morgan fingerprint density at radius 1 is 1.35 bits per heavy atom. The number of carbonyl (C=O) groups is 1. The molecule has 0 unspecified atom stereocenters. The summed E-state index contributed by atoms with van der Waals surface area (Å²) < 4.78 is 1.55. The highest BCUT2D eigenvalue weighted by atomic mass is 32.1. The smallest absolute Gasteiger partial charge is 0.254 e. The van der Waals surface area contributed by atoms with Crippen molar-refractivity contribution < 1.29 is 4.79 Å². The van der Waals surface area contributed by atoms with Crippen LogP contribution in [0.1, 0.15) is 33.8 Å². The van der Waals surface area contributed by atoms with Crippen LogP contribution in [0.15, 0.2) is 42.0 Å². The third-order valence-electron chi connectivity index (χ3n) is 4.24. The molecule has 0 saturated carbocycles. The molecule has 0 spiro atoms. The Labute approximate surface area is 137 Å². The average molecular weight is 325 g/mol. The first-order valence-corrected chi connectivity index (χ1v) is 8.32. The predicted molar refractivity (Wildman–Crippen MR) is 86.6 cm³/mol. The number of tetrazole rings is 1. The topological polar surface area (TPSA) is 63.9 Å². The maximum Gasteiger partial charge on any atom is 0.254 e. The Morgan fingerprint density at radius 3 is 3.09 bits per heavy atom. The fraction of sp³-hybridized carbons (Fsp3) is 0.250. The van der Waals surface area contributed by atoms with Gasteiger partial charge >= 0.3 is 0 Å². The monoisotopic (exact) mass is 325 g/mol. The number of rotatable bonds is 2. The normalized spacial score (nSPS) is 17.1. The van der Waals surface area contributed by atoms with Crippen LogP contribution in [0.25, 0.3) is 5.69 Å². The van der Waals surface area contributed by atoms with E-state index in [0.717, 1.165) is 18.7 Å². The molecule has 2 aromatic heterocycles. The van der Waals surface area contributed by atoms with Crippen LogP contribution < -0.4 is 0 Å². The third kappa shape index (κ3) is 2.43. The summed E-state index contributed by atoms with van der Waals surface area (Å²) in [7, 11) is 0. The summed E-state index contributed by atoms with van der Waals surface area (Å²) in [6.45, 7) is 2.84. The molecule has 0 fully saturated rings. The maximum atomic E-state index is 12.9. The van der Waals surface area contributed by atoms with E-state index in [9.17, 15) is 4.79 Å². The van der Waals surface area contributed by atoms with Crippen LogP contribution in [0.2, 0.25) is 0 Å². The Balaban J connectivity index is 1.64. The average Bonchev–Trinajstić information content (AvgIpc) is 3.26. The molecule has 0 saturated heterocycles. The lowest BCUT2D eigenvalue weighted by Gasteiger charge is -2.33. The van der Waals surface area contributed by atoms with E-state index >= 15 is 0 Å². The van der Waals surface area contributed by atoms with Crippen molar-refractivity contribution in [1.29, 1.82) is 0 Å². The van der Waals surface area contributed by atoms with Gasteiger partial charge in [-0.1, -0.05) is 6.07 Å². The summed E-state index contributed by atoms with van der Waals surface area (Å²) in [5.41, 5.74) is 2.71. The molecular formula is C16H15N5OS. The first-order chi connectivity index (χ1) is 11.2. The van der Waals surface area contributed by atoms with Gasteiger partial charge in [0.05, 0.1) is 11.7 Å². The van der Waals surface area contributed by atoms with Gasteiger partial charge in [0.1, 0.15) is 6.33 Å². The maximum absolute atomic E-state index is 12.9. The Kier molecular flexibility index (Phi) is 3.42. The molecular weight excluding hydrogens is 310 g/mol.